The summed E-state index contributed by atoms with van der Waals surface area (Å²) in [5.74, 6) is -0.850. The van der Waals surface area contributed by atoms with Gasteiger partial charge in [-0.2, -0.15) is 0 Å². The third-order valence-electron chi connectivity index (χ3n) is 3.92. The minimum Gasteiger partial charge on any atom is -0.481 e. The van der Waals surface area contributed by atoms with Crippen molar-refractivity contribution in [3.63, 3.8) is 0 Å². The predicted octanol–water partition coefficient (Wildman–Crippen LogP) is 1.20. The van der Waals surface area contributed by atoms with E-state index >= 15 is 0 Å². The molecule has 2 saturated heterocycles. The second kappa shape index (κ2) is 6.23. The third kappa shape index (κ3) is 3.59. The van der Waals surface area contributed by atoms with Gasteiger partial charge < -0.3 is 20.1 Å². The Morgan fingerprint density at radius 3 is 2.84 bits per heavy atom. The molecule has 2 heterocycles. The lowest BCUT2D eigenvalue weighted by atomic mass is 10.1. The molecule has 2 amide bonds. The average molecular weight is 270 g/mol. The lowest BCUT2D eigenvalue weighted by Crippen LogP contribution is -2.49. The van der Waals surface area contributed by atoms with Gasteiger partial charge in [-0.15, -0.1) is 0 Å². The summed E-state index contributed by atoms with van der Waals surface area (Å²) in [6.45, 7) is 3.34. The normalized spacial score (nSPS) is 28.4. The molecular weight excluding hydrogens is 248 g/mol. The number of amides is 2. The first-order chi connectivity index (χ1) is 9.08. The number of hydrogen-bond donors (Lipinski definition) is 2. The van der Waals surface area contributed by atoms with Crippen LogP contribution in [0.2, 0.25) is 0 Å². The summed E-state index contributed by atoms with van der Waals surface area (Å²) in [6.07, 6.45) is 3.77. The molecule has 0 aromatic heterocycles. The van der Waals surface area contributed by atoms with E-state index in [2.05, 4.69) is 5.32 Å². The molecule has 2 aliphatic rings. The van der Waals surface area contributed by atoms with Crippen LogP contribution in [0.25, 0.3) is 0 Å². The Morgan fingerprint density at radius 1 is 1.42 bits per heavy atom. The topological polar surface area (TPSA) is 78.9 Å². The number of carbonyl (C=O) groups is 2. The Labute approximate surface area is 113 Å². The Morgan fingerprint density at radius 2 is 2.21 bits per heavy atom. The van der Waals surface area contributed by atoms with Crippen molar-refractivity contribution in [2.24, 2.45) is 0 Å². The Bertz CT molecular complexity index is 342. The van der Waals surface area contributed by atoms with Gasteiger partial charge in [0.1, 0.15) is 0 Å². The number of carboxylic acids is 1. The van der Waals surface area contributed by atoms with E-state index in [4.69, 9.17) is 9.84 Å². The van der Waals surface area contributed by atoms with Crippen LogP contribution in [-0.4, -0.2) is 53.3 Å². The quantitative estimate of drug-likeness (QED) is 0.804. The van der Waals surface area contributed by atoms with Crippen LogP contribution >= 0.6 is 0 Å². The molecular formula is C13H22N2O4. The van der Waals surface area contributed by atoms with Gasteiger partial charge in [0.15, 0.2) is 0 Å². The first-order valence-corrected chi connectivity index (χ1v) is 6.98. The standard InChI is InChI=1S/C13H22N2O4/c1-9(11-5-3-7-19-11)14-13(18)15-6-2-4-10(15)8-12(16)17/h9-11H,2-8H2,1H3,(H,14,18)(H,16,17). The monoisotopic (exact) mass is 270 g/mol. The molecule has 3 unspecified atom stereocenters. The Hall–Kier alpha value is -1.30. The van der Waals surface area contributed by atoms with Crippen LogP contribution in [0.3, 0.4) is 0 Å². The number of urea groups is 1. The van der Waals surface area contributed by atoms with Crippen LogP contribution in [0.15, 0.2) is 0 Å². The van der Waals surface area contributed by atoms with E-state index in [1.807, 2.05) is 6.92 Å². The Balaban J connectivity index is 1.85. The molecule has 3 atom stereocenters. The van der Waals surface area contributed by atoms with Crippen LogP contribution in [0.1, 0.15) is 39.0 Å². The number of nitrogens with zero attached hydrogens (tertiary/aromatic N) is 1. The van der Waals surface area contributed by atoms with E-state index in [0.29, 0.717) is 6.54 Å². The summed E-state index contributed by atoms with van der Waals surface area (Å²) in [5.41, 5.74) is 0. The third-order valence-corrected chi connectivity index (χ3v) is 3.92. The fraction of sp³-hybridized carbons (Fsp3) is 0.846. The van der Waals surface area contributed by atoms with Crippen LogP contribution in [-0.2, 0) is 9.53 Å². The number of carboxylic acid groups (broad SMARTS) is 1. The zero-order chi connectivity index (χ0) is 13.8. The van der Waals surface area contributed by atoms with Crippen LogP contribution in [0, 0.1) is 0 Å². The van der Waals surface area contributed by atoms with Gasteiger partial charge in [-0.1, -0.05) is 0 Å². The van der Waals surface area contributed by atoms with Gasteiger partial charge >= 0.3 is 12.0 Å². The van der Waals surface area contributed by atoms with E-state index in [1.54, 1.807) is 4.90 Å². The smallest absolute Gasteiger partial charge is 0.317 e. The number of nitrogens with one attached hydrogen (secondary N) is 1. The minimum absolute atomic E-state index is 0.0268. The van der Waals surface area contributed by atoms with E-state index in [0.717, 1.165) is 32.3 Å². The molecule has 108 valence electrons. The van der Waals surface area contributed by atoms with E-state index < -0.39 is 5.97 Å². The summed E-state index contributed by atoms with van der Waals surface area (Å²) in [4.78, 5) is 24.6. The van der Waals surface area contributed by atoms with Crippen LogP contribution in [0.5, 0.6) is 0 Å². The highest BCUT2D eigenvalue weighted by atomic mass is 16.5. The summed E-state index contributed by atoms with van der Waals surface area (Å²) in [5, 5.41) is 11.8. The second-order valence-electron chi connectivity index (χ2n) is 5.38. The van der Waals surface area contributed by atoms with Gasteiger partial charge in [0.05, 0.1) is 18.6 Å². The van der Waals surface area contributed by atoms with E-state index in [1.165, 1.54) is 0 Å². The van der Waals surface area contributed by atoms with Gasteiger partial charge in [0, 0.05) is 19.2 Å². The van der Waals surface area contributed by atoms with Crippen molar-refractivity contribution < 1.29 is 19.4 Å². The highest BCUT2D eigenvalue weighted by Crippen LogP contribution is 2.21. The molecule has 0 saturated carbocycles. The molecule has 2 fully saturated rings. The molecule has 0 aromatic rings. The number of aliphatic carboxylic acids is 1. The molecule has 2 rings (SSSR count). The molecule has 6 heteroatoms. The largest absolute Gasteiger partial charge is 0.481 e. The number of carbonyl (C=O) groups excluding carboxylic acids is 1. The summed E-state index contributed by atoms with van der Waals surface area (Å²) in [7, 11) is 0. The molecule has 0 bridgehead atoms. The number of likely N-dealkylation sites (tertiary alicyclic amines) is 1. The van der Waals surface area contributed by atoms with Crippen molar-refractivity contribution in [2.45, 2.75) is 57.2 Å². The molecule has 0 aromatic carbocycles. The van der Waals surface area contributed by atoms with Gasteiger partial charge in [-0.3, -0.25) is 4.79 Å². The number of rotatable bonds is 4. The van der Waals surface area contributed by atoms with E-state index in [9.17, 15) is 9.59 Å². The fourth-order valence-electron chi connectivity index (χ4n) is 2.88. The maximum Gasteiger partial charge on any atom is 0.317 e. The first-order valence-electron chi connectivity index (χ1n) is 6.98. The van der Waals surface area contributed by atoms with Gasteiger partial charge in [-0.25, -0.2) is 4.79 Å². The SMILES string of the molecule is CC(NC(=O)N1CCCC1CC(=O)O)C1CCCO1. The van der Waals surface area contributed by atoms with Crippen molar-refractivity contribution in [3.8, 4) is 0 Å². The van der Waals surface area contributed by atoms with Crippen molar-refractivity contribution in [1.82, 2.24) is 10.2 Å². The number of hydrogen-bond acceptors (Lipinski definition) is 3. The van der Waals surface area contributed by atoms with Crippen molar-refractivity contribution in [3.05, 3.63) is 0 Å². The van der Waals surface area contributed by atoms with Crippen LogP contribution < -0.4 is 5.32 Å². The highest BCUT2D eigenvalue weighted by molar-refractivity contribution is 5.76. The molecule has 0 aliphatic carbocycles. The lowest BCUT2D eigenvalue weighted by Gasteiger charge is -2.27. The summed E-state index contributed by atoms with van der Waals surface area (Å²) < 4.78 is 5.54. The van der Waals surface area contributed by atoms with Crippen LogP contribution in [0.4, 0.5) is 4.79 Å². The molecule has 0 radical (unpaired) electrons. The molecule has 19 heavy (non-hydrogen) atoms. The van der Waals surface area contributed by atoms with Crippen molar-refractivity contribution in [1.29, 1.82) is 0 Å². The first kappa shape index (κ1) is 14.1. The molecule has 6 nitrogen and oxygen atoms in total. The van der Waals surface area contributed by atoms with Crippen molar-refractivity contribution in [2.75, 3.05) is 13.2 Å². The molecule has 0 spiro atoms. The molecule has 2 N–H and O–H groups in total. The zero-order valence-electron chi connectivity index (χ0n) is 11.3. The second-order valence-corrected chi connectivity index (χ2v) is 5.38. The number of ether oxygens (including phenoxy) is 1. The Kier molecular flexibility index (Phi) is 4.63. The minimum atomic E-state index is -0.850. The maximum atomic E-state index is 12.2. The van der Waals surface area contributed by atoms with E-state index in [-0.39, 0.29) is 30.6 Å². The van der Waals surface area contributed by atoms with Crippen molar-refractivity contribution >= 4 is 12.0 Å². The average Bonchev–Trinajstić information content (AvgIpc) is 2.97. The summed E-state index contributed by atoms with van der Waals surface area (Å²) in [6, 6.07) is -0.359. The van der Waals surface area contributed by atoms with Gasteiger partial charge in [-0.05, 0) is 32.6 Å². The highest BCUT2D eigenvalue weighted by Gasteiger charge is 2.32. The lowest BCUT2D eigenvalue weighted by molar-refractivity contribution is -0.137. The maximum absolute atomic E-state index is 12.2. The predicted molar refractivity (Wildman–Crippen MR) is 68.9 cm³/mol. The van der Waals surface area contributed by atoms with Gasteiger partial charge in [0.2, 0.25) is 0 Å². The zero-order valence-corrected chi connectivity index (χ0v) is 11.3. The molecule has 2 aliphatic heterocycles. The summed E-state index contributed by atoms with van der Waals surface area (Å²) >= 11 is 0. The van der Waals surface area contributed by atoms with Gasteiger partial charge in [0.25, 0.3) is 0 Å². The fourth-order valence-corrected chi connectivity index (χ4v) is 2.88.